The van der Waals surface area contributed by atoms with Crippen molar-refractivity contribution in [3.05, 3.63) is 12.1 Å². The van der Waals surface area contributed by atoms with E-state index in [-0.39, 0.29) is 16.7 Å². The van der Waals surface area contributed by atoms with Gasteiger partial charge in [-0.1, -0.05) is 0 Å². The Kier molecular flexibility index (Phi) is 2.22. The number of ether oxygens (including phenoxy) is 2. The van der Waals surface area contributed by atoms with E-state index in [1.807, 2.05) is 0 Å². The summed E-state index contributed by atoms with van der Waals surface area (Å²) in [5.41, 5.74) is 0.763. The van der Waals surface area contributed by atoms with Crippen molar-refractivity contribution in [2.45, 2.75) is 16.6 Å². The molecule has 3 rings (SSSR count). The van der Waals surface area contributed by atoms with Crippen LogP contribution in [0.1, 0.15) is 0 Å². The lowest BCUT2D eigenvalue weighted by Crippen LogP contribution is -2.51. The van der Waals surface area contributed by atoms with Crippen molar-refractivity contribution in [2.24, 2.45) is 0 Å². The zero-order chi connectivity index (χ0) is 13.1. The Labute approximate surface area is 108 Å². The molecule has 4 nitrogen and oxygen atoms in total. The second kappa shape index (κ2) is 3.39. The van der Waals surface area contributed by atoms with Crippen LogP contribution in [-0.2, 0) is 0 Å². The standard InChI is InChI=1S/C9H4ClF3N2O2S/c10-8(11)9(12,13)17-6-2-4-3(1-5(6)16-8)14-7(18)15-4/h1-2H,(H2,14,15,18). The first-order valence-electron chi connectivity index (χ1n) is 4.65. The average molecular weight is 297 g/mol. The highest BCUT2D eigenvalue weighted by Crippen LogP contribution is 2.48. The number of aromatic nitrogens is 2. The Morgan fingerprint density at radius 1 is 1.22 bits per heavy atom. The van der Waals surface area contributed by atoms with E-state index < -0.39 is 11.4 Å². The van der Waals surface area contributed by atoms with Crippen molar-refractivity contribution in [3.63, 3.8) is 0 Å². The van der Waals surface area contributed by atoms with Crippen molar-refractivity contribution in [1.82, 2.24) is 9.97 Å². The van der Waals surface area contributed by atoms with E-state index in [1.165, 1.54) is 12.1 Å². The molecule has 1 N–H and O–H groups in total. The van der Waals surface area contributed by atoms with E-state index in [9.17, 15) is 13.2 Å². The van der Waals surface area contributed by atoms with Gasteiger partial charge in [0.05, 0.1) is 11.0 Å². The number of hydrogen-bond acceptors (Lipinski definition) is 4. The maximum Gasteiger partial charge on any atom is 0.488 e. The summed E-state index contributed by atoms with van der Waals surface area (Å²) in [5.74, 6) is -0.593. The van der Waals surface area contributed by atoms with Gasteiger partial charge in [0, 0.05) is 12.1 Å². The molecule has 0 fully saturated rings. The van der Waals surface area contributed by atoms with Gasteiger partial charge in [0.2, 0.25) is 0 Å². The summed E-state index contributed by atoms with van der Waals surface area (Å²) in [4.78, 5) is 6.63. The van der Waals surface area contributed by atoms with Gasteiger partial charge in [0.1, 0.15) is 0 Å². The van der Waals surface area contributed by atoms with Gasteiger partial charge in [-0.25, -0.2) is 4.98 Å². The minimum absolute atomic E-state index is 0.259. The molecule has 0 saturated heterocycles. The third-order valence-electron chi connectivity index (χ3n) is 2.35. The quantitative estimate of drug-likeness (QED) is 0.580. The van der Waals surface area contributed by atoms with Gasteiger partial charge in [-0.05, 0) is 11.6 Å². The van der Waals surface area contributed by atoms with E-state index in [1.54, 1.807) is 0 Å². The first-order chi connectivity index (χ1) is 8.28. The minimum atomic E-state index is -4.29. The van der Waals surface area contributed by atoms with Crippen LogP contribution < -0.4 is 9.47 Å². The molecule has 9 heteroatoms. The molecule has 1 aliphatic heterocycles. The molecule has 1 aliphatic rings. The Hall–Kier alpha value is -1.28. The molecule has 1 aromatic heterocycles. The second-order valence-electron chi connectivity index (χ2n) is 3.61. The summed E-state index contributed by atoms with van der Waals surface area (Å²) in [6, 6.07) is 2.43. The first-order valence-corrected chi connectivity index (χ1v) is 5.47. The molecule has 1 atom stereocenters. The van der Waals surface area contributed by atoms with Gasteiger partial charge in [-0.3, -0.25) is 0 Å². The summed E-state index contributed by atoms with van der Waals surface area (Å²) in [6.07, 6.45) is -4.29. The van der Waals surface area contributed by atoms with Crippen LogP contribution in [0.15, 0.2) is 17.3 Å². The maximum atomic E-state index is 13.4. The molecule has 96 valence electrons. The number of hydrogen-bond donors (Lipinski definition) is 2. The third-order valence-corrected chi connectivity index (χ3v) is 2.86. The number of alkyl halides is 4. The fourth-order valence-corrected chi connectivity index (χ4v) is 1.91. The SMILES string of the molecule is FC1(F)Oc2cc3[nH]c(S)nc3cc2OC1(F)Cl. The molecule has 0 bridgehead atoms. The Morgan fingerprint density at radius 2 is 1.89 bits per heavy atom. The number of fused-ring (bicyclic) bond motifs is 2. The summed E-state index contributed by atoms with van der Waals surface area (Å²) < 4.78 is 48.3. The molecular formula is C9H4ClF3N2O2S. The fourth-order valence-electron chi connectivity index (χ4n) is 1.56. The number of H-pyrrole nitrogens is 1. The van der Waals surface area contributed by atoms with Crippen LogP contribution in [0.4, 0.5) is 13.2 Å². The topological polar surface area (TPSA) is 47.1 Å². The fraction of sp³-hybridized carbons (Fsp3) is 0.222. The van der Waals surface area contributed by atoms with Crippen LogP contribution in [0, 0.1) is 0 Å². The van der Waals surface area contributed by atoms with Gasteiger partial charge in [-0.15, -0.1) is 12.6 Å². The van der Waals surface area contributed by atoms with Gasteiger partial charge in [0.15, 0.2) is 16.7 Å². The minimum Gasteiger partial charge on any atom is -0.434 e. The molecule has 2 heterocycles. The molecule has 0 radical (unpaired) electrons. The van der Waals surface area contributed by atoms with E-state index in [0.29, 0.717) is 11.0 Å². The Bertz CT molecular complexity index is 593. The molecule has 0 saturated carbocycles. The molecule has 1 aromatic carbocycles. The Balaban J connectivity index is 2.18. The molecule has 0 amide bonds. The second-order valence-corrected chi connectivity index (χ2v) is 4.52. The van der Waals surface area contributed by atoms with Gasteiger partial charge in [0.25, 0.3) is 0 Å². The average Bonchev–Trinajstić information content (AvgIpc) is 2.55. The number of rotatable bonds is 0. The van der Waals surface area contributed by atoms with Gasteiger partial charge in [-0.2, -0.15) is 13.2 Å². The summed E-state index contributed by atoms with van der Waals surface area (Å²) in [7, 11) is 0. The largest absolute Gasteiger partial charge is 0.488 e. The van der Waals surface area contributed by atoms with Gasteiger partial charge < -0.3 is 14.5 Å². The number of nitrogens with zero attached hydrogens (tertiary/aromatic N) is 1. The molecular weight excluding hydrogens is 293 g/mol. The molecule has 1 unspecified atom stereocenters. The first kappa shape index (κ1) is 11.8. The molecule has 0 aliphatic carbocycles. The smallest absolute Gasteiger partial charge is 0.434 e. The lowest BCUT2D eigenvalue weighted by molar-refractivity contribution is -0.303. The van der Waals surface area contributed by atoms with Crippen LogP contribution in [0.25, 0.3) is 11.0 Å². The monoisotopic (exact) mass is 296 g/mol. The third kappa shape index (κ3) is 1.59. The summed E-state index contributed by atoms with van der Waals surface area (Å²) >= 11 is 8.90. The number of benzene rings is 1. The van der Waals surface area contributed by atoms with Crippen molar-refractivity contribution in [3.8, 4) is 11.5 Å². The predicted octanol–water partition coefficient (Wildman–Crippen LogP) is 3.08. The van der Waals surface area contributed by atoms with E-state index >= 15 is 0 Å². The van der Waals surface area contributed by atoms with E-state index in [2.05, 4.69) is 32.1 Å². The molecule has 2 aromatic rings. The zero-order valence-electron chi connectivity index (χ0n) is 8.38. The number of aromatic amines is 1. The summed E-state index contributed by atoms with van der Waals surface area (Å²) in [6.45, 7) is 0. The van der Waals surface area contributed by atoms with E-state index in [0.717, 1.165) is 0 Å². The highest BCUT2D eigenvalue weighted by Gasteiger charge is 2.63. The predicted molar refractivity (Wildman–Crippen MR) is 59.2 cm³/mol. The van der Waals surface area contributed by atoms with Crippen LogP contribution in [0.3, 0.4) is 0 Å². The number of halogens is 4. The summed E-state index contributed by atoms with van der Waals surface area (Å²) in [5, 5.41) is -3.48. The van der Waals surface area contributed by atoms with Crippen LogP contribution >= 0.6 is 24.2 Å². The number of nitrogens with one attached hydrogen (secondary N) is 1. The van der Waals surface area contributed by atoms with Gasteiger partial charge >= 0.3 is 11.4 Å². The zero-order valence-corrected chi connectivity index (χ0v) is 10.0. The molecule has 18 heavy (non-hydrogen) atoms. The highest BCUT2D eigenvalue weighted by molar-refractivity contribution is 7.80. The van der Waals surface area contributed by atoms with Crippen LogP contribution in [0.5, 0.6) is 11.5 Å². The lowest BCUT2D eigenvalue weighted by atomic mass is 10.2. The van der Waals surface area contributed by atoms with Crippen molar-refractivity contribution >= 4 is 35.3 Å². The number of thiol groups is 1. The highest BCUT2D eigenvalue weighted by atomic mass is 35.5. The normalized spacial score (nSPS) is 25.4. The van der Waals surface area contributed by atoms with Crippen LogP contribution in [-0.4, -0.2) is 21.4 Å². The lowest BCUT2D eigenvalue weighted by Gasteiger charge is -2.33. The Morgan fingerprint density at radius 3 is 2.61 bits per heavy atom. The van der Waals surface area contributed by atoms with E-state index in [4.69, 9.17) is 11.6 Å². The van der Waals surface area contributed by atoms with Crippen LogP contribution in [0.2, 0.25) is 0 Å². The maximum absolute atomic E-state index is 13.4. The van der Waals surface area contributed by atoms with Crippen molar-refractivity contribution < 1.29 is 22.6 Å². The van der Waals surface area contributed by atoms with Crippen molar-refractivity contribution in [2.75, 3.05) is 0 Å². The number of imidazole rings is 1. The van der Waals surface area contributed by atoms with Crippen molar-refractivity contribution in [1.29, 1.82) is 0 Å². The molecule has 0 spiro atoms.